The number of rotatable bonds is 6. The van der Waals surface area contributed by atoms with Gasteiger partial charge in [0, 0.05) is 36.3 Å². The van der Waals surface area contributed by atoms with Gasteiger partial charge >= 0.3 is 11.8 Å². The minimum atomic E-state index is -0.959. The Bertz CT molecular complexity index is 1050. The number of hydrogen-bond acceptors (Lipinski definition) is 8. The molecule has 32 heavy (non-hydrogen) atoms. The van der Waals surface area contributed by atoms with E-state index in [1.54, 1.807) is 18.2 Å². The van der Waals surface area contributed by atoms with Crippen molar-refractivity contribution in [1.82, 2.24) is 0 Å². The molecule has 0 amide bonds. The van der Waals surface area contributed by atoms with Gasteiger partial charge in [-0.25, -0.2) is 9.59 Å². The first kappa shape index (κ1) is 22.5. The number of benzene rings is 1. The van der Waals surface area contributed by atoms with Gasteiger partial charge in [-0.3, -0.25) is 0 Å². The Balaban J connectivity index is 1.38. The molecule has 1 aliphatic heterocycles. The fourth-order valence-corrected chi connectivity index (χ4v) is 4.45. The second-order valence-corrected chi connectivity index (χ2v) is 8.47. The summed E-state index contributed by atoms with van der Waals surface area (Å²) in [6.45, 7) is 7.75. The molecule has 172 valence electrons. The zero-order valence-corrected chi connectivity index (χ0v) is 18.3. The van der Waals surface area contributed by atoms with Crippen LogP contribution >= 0.6 is 0 Å². The molecule has 0 radical (unpaired) electrons. The van der Waals surface area contributed by atoms with Crippen LogP contribution in [0.3, 0.4) is 0 Å². The summed E-state index contributed by atoms with van der Waals surface area (Å²) in [7, 11) is 0. The Morgan fingerprint density at radius 1 is 1.31 bits per heavy atom. The second kappa shape index (κ2) is 9.05. The molecule has 1 aromatic heterocycles. The van der Waals surface area contributed by atoms with E-state index in [0.29, 0.717) is 24.8 Å². The lowest BCUT2D eigenvalue weighted by molar-refractivity contribution is -0.361. The highest BCUT2D eigenvalue weighted by atomic mass is 17.3. The van der Waals surface area contributed by atoms with E-state index in [1.807, 2.05) is 13.0 Å². The lowest BCUT2D eigenvalue weighted by atomic mass is 9.89. The van der Waals surface area contributed by atoms with Gasteiger partial charge in [0.05, 0.1) is 0 Å². The molecule has 2 aliphatic rings. The summed E-state index contributed by atoms with van der Waals surface area (Å²) in [6, 6.07) is 7.76. The molecule has 1 saturated heterocycles. The van der Waals surface area contributed by atoms with Crippen LogP contribution in [0, 0.1) is 5.92 Å². The first-order valence-electron chi connectivity index (χ1n) is 10.9. The SMILES string of the molecule is C=CCC(CC)C1(C)OOC2(CCCC(OC(=O)Oc3ccc4ccc(=O)oc4c3)C2)O1. The van der Waals surface area contributed by atoms with Crippen LogP contribution in [0.25, 0.3) is 11.0 Å². The fraction of sp³-hybridized carbons (Fsp3) is 0.500. The lowest BCUT2D eigenvalue weighted by Crippen LogP contribution is -2.44. The standard InChI is InChI=1S/C24H28O8/c1-4-7-17(5-2)23(3)30-24(32-31-23)13-6-8-19(15-24)28-22(26)27-18-11-9-16-10-12-21(25)29-20(16)14-18/h4,9-12,14,17,19H,1,5-8,13,15H2,2-3H3. The highest BCUT2D eigenvalue weighted by molar-refractivity contribution is 5.78. The average molecular weight is 444 g/mol. The van der Waals surface area contributed by atoms with Crippen LogP contribution in [-0.4, -0.2) is 23.8 Å². The smallest absolute Gasteiger partial charge is 0.430 e. The summed E-state index contributed by atoms with van der Waals surface area (Å²) >= 11 is 0. The molecule has 8 nitrogen and oxygen atoms in total. The topological polar surface area (TPSA) is 93.4 Å². The molecule has 1 aliphatic carbocycles. The van der Waals surface area contributed by atoms with E-state index < -0.39 is 29.5 Å². The Morgan fingerprint density at radius 2 is 2.12 bits per heavy atom. The summed E-state index contributed by atoms with van der Waals surface area (Å²) in [5.74, 6) is -1.53. The zero-order valence-electron chi connectivity index (χ0n) is 18.3. The van der Waals surface area contributed by atoms with E-state index in [9.17, 15) is 9.59 Å². The van der Waals surface area contributed by atoms with Crippen molar-refractivity contribution in [2.45, 2.75) is 70.1 Å². The predicted molar refractivity (Wildman–Crippen MR) is 115 cm³/mol. The van der Waals surface area contributed by atoms with Gasteiger partial charge in [-0.15, -0.1) is 6.58 Å². The van der Waals surface area contributed by atoms with Gasteiger partial charge in [0.2, 0.25) is 11.6 Å². The van der Waals surface area contributed by atoms with Gasteiger partial charge in [-0.2, -0.15) is 9.78 Å². The van der Waals surface area contributed by atoms with Crippen molar-refractivity contribution >= 4 is 17.1 Å². The van der Waals surface area contributed by atoms with Gasteiger partial charge in [-0.05, 0) is 50.8 Å². The molecule has 1 aromatic carbocycles. The van der Waals surface area contributed by atoms with E-state index in [2.05, 4.69) is 13.5 Å². The van der Waals surface area contributed by atoms with E-state index in [-0.39, 0.29) is 11.7 Å². The van der Waals surface area contributed by atoms with Gasteiger partial charge in [-0.1, -0.05) is 13.0 Å². The van der Waals surface area contributed by atoms with Gasteiger partial charge in [0.25, 0.3) is 0 Å². The van der Waals surface area contributed by atoms with Crippen LogP contribution in [0.4, 0.5) is 4.79 Å². The molecular formula is C24H28O8. The summed E-state index contributed by atoms with van der Waals surface area (Å²) in [5.41, 5.74) is -0.150. The van der Waals surface area contributed by atoms with Crippen LogP contribution in [0.5, 0.6) is 5.75 Å². The van der Waals surface area contributed by atoms with Crippen molar-refractivity contribution in [1.29, 1.82) is 0 Å². The van der Waals surface area contributed by atoms with Crippen LogP contribution in [0.1, 0.15) is 52.4 Å². The Kier molecular flexibility index (Phi) is 6.37. The number of carbonyl (C=O) groups excluding carboxylic acids is 1. The summed E-state index contributed by atoms with van der Waals surface area (Å²) in [4.78, 5) is 35.1. The quantitative estimate of drug-likeness (QED) is 0.196. The Labute approximate surface area is 186 Å². The first-order valence-corrected chi connectivity index (χ1v) is 10.9. The number of hydrogen-bond donors (Lipinski definition) is 0. The third kappa shape index (κ3) is 4.72. The highest BCUT2D eigenvalue weighted by Gasteiger charge is 2.55. The summed E-state index contributed by atoms with van der Waals surface area (Å²) in [6.07, 6.45) is 4.54. The van der Waals surface area contributed by atoms with E-state index >= 15 is 0 Å². The largest absolute Gasteiger partial charge is 0.514 e. The van der Waals surface area contributed by atoms with Crippen molar-refractivity contribution in [3.8, 4) is 5.75 Å². The van der Waals surface area contributed by atoms with Crippen LogP contribution in [-0.2, 0) is 19.2 Å². The molecule has 4 rings (SSSR count). The Morgan fingerprint density at radius 3 is 2.91 bits per heavy atom. The van der Waals surface area contributed by atoms with E-state index in [0.717, 1.165) is 24.6 Å². The maximum absolute atomic E-state index is 12.4. The minimum Gasteiger partial charge on any atom is -0.430 e. The lowest BCUT2D eigenvalue weighted by Gasteiger charge is -2.36. The van der Waals surface area contributed by atoms with E-state index in [1.165, 1.54) is 12.1 Å². The molecule has 0 bridgehead atoms. The van der Waals surface area contributed by atoms with Crippen LogP contribution in [0.2, 0.25) is 0 Å². The highest BCUT2D eigenvalue weighted by Crippen LogP contribution is 2.47. The molecule has 2 heterocycles. The van der Waals surface area contributed by atoms with Gasteiger partial charge in [0.1, 0.15) is 17.4 Å². The first-order chi connectivity index (χ1) is 15.3. The second-order valence-electron chi connectivity index (χ2n) is 8.47. The summed E-state index contributed by atoms with van der Waals surface area (Å²) in [5, 5.41) is 0.722. The predicted octanol–water partition coefficient (Wildman–Crippen LogP) is 5.24. The van der Waals surface area contributed by atoms with Crippen molar-refractivity contribution in [2.24, 2.45) is 5.92 Å². The maximum Gasteiger partial charge on any atom is 0.514 e. The van der Waals surface area contributed by atoms with Gasteiger partial charge in [0.15, 0.2) is 0 Å². The van der Waals surface area contributed by atoms with Gasteiger partial charge < -0.3 is 18.6 Å². The van der Waals surface area contributed by atoms with Crippen molar-refractivity contribution in [3.05, 3.63) is 53.4 Å². The number of fused-ring (bicyclic) bond motifs is 1. The van der Waals surface area contributed by atoms with Crippen LogP contribution < -0.4 is 10.4 Å². The number of ether oxygens (including phenoxy) is 3. The fourth-order valence-electron chi connectivity index (χ4n) is 4.45. The third-order valence-corrected chi connectivity index (χ3v) is 6.11. The zero-order chi connectivity index (χ0) is 22.8. The van der Waals surface area contributed by atoms with Crippen LogP contribution in [0.15, 0.2) is 52.2 Å². The molecule has 1 saturated carbocycles. The average Bonchev–Trinajstić information content (AvgIpc) is 3.08. The normalized spacial score (nSPS) is 28.5. The molecule has 2 fully saturated rings. The molecule has 4 atom stereocenters. The number of carbonyl (C=O) groups is 1. The van der Waals surface area contributed by atoms with Crippen molar-refractivity contribution in [2.75, 3.05) is 0 Å². The molecular weight excluding hydrogens is 416 g/mol. The third-order valence-electron chi connectivity index (χ3n) is 6.11. The molecule has 8 heteroatoms. The summed E-state index contributed by atoms with van der Waals surface area (Å²) < 4.78 is 22.3. The van der Waals surface area contributed by atoms with Crippen molar-refractivity contribution < 1.29 is 33.2 Å². The van der Waals surface area contributed by atoms with Crippen molar-refractivity contribution in [3.63, 3.8) is 0 Å². The molecule has 1 spiro atoms. The molecule has 4 unspecified atom stereocenters. The number of allylic oxidation sites excluding steroid dienone is 1. The van der Waals surface area contributed by atoms with E-state index in [4.69, 9.17) is 28.4 Å². The maximum atomic E-state index is 12.4. The Hall–Kier alpha value is -2.68. The molecule has 2 aromatic rings. The minimum absolute atomic E-state index is 0.0959. The monoisotopic (exact) mass is 444 g/mol. The molecule has 0 N–H and O–H groups in total.